The molecule has 3 heterocycles. The number of hydrogen-bond donors (Lipinski definition) is 1. The number of hydrogen-bond acceptors (Lipinski definition) is 3. The summed E-state index contributed by atoms with van der Waals surface area (Å²) in [5, 5.41) is 1.14. The van der Waals surface area contributed by atoms with Crippen LogP contribution in [0.2, 0.25) is 0 Å². The van der Waals surface area contributed by atoms with Crippen molar-refractivity contribution < 1.29 is 13.2 Å². The Morgan fingerprint density at radius 1 is 1.06 bits per heavy atom. The zero-order valence-electron chi connectivity index (χ0n) is 16.6. The van der Waals surface area contributed by atoms with Crippen LogP contribution in [-0.2, 0) is 6.18 Å². The van der Waals surface area contributed by atoms with E-state index in [1.54, 1.807) is 0 Å². The number of alkyl halides is 3. The summed E-state index contributed by atoms with van der Waals surface area (Å²) in [5.74, 6) is 0.511. The van der Waals surface area contributed by atoms with Crippen LogP contribution in [0.15, 0.2) is 65.8 Å². The highest BCUT2D eigenvalue weighted by Gasteiger charge is 2.30. The van der Waals surface area contributed by atoms with Gasteiger partial charge in [-0.15, -0.1) is 0 Å². The quantitative estimate of drug-likeness (QED) is 0.530. The lowest BCUT2D eigenvalue weighted by Gasteiger charge is -2.36. The van der Waals surface area contributed by atoms with Gasteiger partial charge < -0.3 is 9.88 Å². The molecular weight excluding hydrogens is 405 g/mol. The number of aromatic amines is 1. The van der Waals surface area contributed by atoms with Crippen LogP contribution >= 0.6 is 0 Å². The van der Waals surface area contributed by atoms with E-state index in [1.165, 1.54) is 34.7 Å². The number of aromatic nitrogens is 3. The van der Waals surface area contributed by atoms with Gasteiger partial charge in [0, 0.05) is 47.7 Å². The summed E-state index contributed by atoms with van der Waals surface area (Å²) in [7, 11) is 2.09. The third-order valence-electron chi connectivity index (χ3n) is 5.80. The zero-order chi connectivity index (χ0) is 21.8. The molecule has 1 aliphatic heterocycles. The van der Waals surface area contributed by atoms with Crippen molar-refractivity contribution in [3.05, 3.63) is 82.5 Å². The highest BCUT2D eigenvalue weighted by molar-refractivity contribution is 5.85. The van der Waals surface area contributed by atoms with Crippen LogP contribution in [0.1, 0.15) is 17.0 Å². The molecule has 5 nitrogen and oxygen atoms in total. The molecule has 0 aliphatic carbocycles. The number of nitrogens with one attached hydrogen (secondary N) is 1. The van der Waals surface area contributed by atoms with Gasteiger partial charge in [0.1, 0.15) is 6.33 Å². The largest absolute Gasteiger partial charge is 0.416 e. The smallest absolute Gasteiger partial charge is 0.361 e. The standard InChI is InChI=1S/C23H19F3N4O/c1-29-11-15(12-29)19-10-27-21-8-17(6-7-18(19)21)30-13-28-20(9-22(30)31)14-2-4-16(5-3-14)23(24,25)26/h2-10,13,15,27H,11-12H2,1H3. The molecule has 158 valence electrons. The van der Waals surface area contributed by atoms with Crippen LogP contribution in [-0.4, -0.2) is 39.6 Å². The summed E-state index contributed by atoms with van der Waals surface area (Å²) in [6.45, 7) is 2.06. The van der Waals surface area contributed by atoms with Gasteiger partial charge in [0.25, 0.3) is 5.56 Å². The number of halogens is 3. The van der Waals surface area contributed by atoms with Gasteiger partial charge in [0.15, 0.2) is 0 Å². The van der Waals surface area contributed by atoms with Gasteiger partial charge in [-0.25, -0.2) is 4.98 Å². The lowest BCUT2D eigenvalue weighted by atomic mass is 9.92. The fourth-order valence-corrected chi connectivity index (χ4v) is 4.10. The SMILES string of the molecule is CN1CC(c2c[nH]c3cc(-n4cnc(-c5ccc(C(F)(F)F)cc5)cc4=O)ccc23)C1. The minimum absolute atomic E-state index is 0.309. The second kappa shape index (κ2) is 7.09. The lowest BCUT2D eigenvalue weighted by molar-refractivity contribution is -0.137. The molecule has 0 atom stereocenters. The second-order valence-electron chi connectivity index (χ2n) is 7.95. The molecule has 1 N–H and O–H groups in total. The van der Waals surface area contributed by atoms with E-state index >= 15 is 0 Å². The van der Waals surface area contributed by atoms with Crippen molar-refractivity contribution >= 4 is 10.9 Å². The summed E-state index contributed by atoms with van der Waals surface area (Å²) >= 11 is 0. The van der Waals surface area contributed by atoms with E-state index in [0.29, 0.717) is 22.9 Å². The predicted molar refractivity (Wildman–Crippen MR) is 112 cm³/mol. The number of likely N-dealkylation sites (tertiary alicyclic amines) is 1. The maximum atomic E-state index is 12.8. The summed E-state index contributed by atoms with van der Waals surface area (Å²) in [4.78, 5) is 22.6. The number of nitrogens with zero attached hydrogens (tertiary/aromatic N) is 3. The van der Waals surface area contributed by atoms with E-state index in [1.807, 2.05) is 24.4 Å². The highest BCUT2D eigenvalue weighted by Crippen LogP contribution is 2.32. The summed E-state index contributed by atoms with van der Waals surface area (Å²) < 4.78 is 39.7. The first-order valence-corrected chi connectivity index (χ1v) is 9.86. The monoisotopic (exact) mass is 424 g/mol. The first-order chi connectivity index (χ1) is 14.8. The van der Waals surface area contributed by atoms with Gasteiger partial charge in [-0.3, -0.25) is 9.36 Å². The minimum atomic E-state index is -4.40. The maximum absolute atomic E-state index is 12.8. The molecule has 0 unspecified atom stereocenters. The molecular formula is C23H19F3N4O. The first kappa shape index (κ1) is 19.6. The normalized spacial score (nSPS) is 15.4. The van der Waals surface area contributed by atoms with Gasteiger partial charge in [-0.05, 0) is 36.9 Å². The molecule has 1 saturated heterocycles. The topological polar surface area (TPSA) is 53.9 Å². The Labute approximate surface area is 175 Å². The molecule has 0 bridgehead atoms. The highest BCUT2D eigenvalue weighted by atomic mass is 19.4. The van der Waals surface area contributed by atoms with Crippen LogP contribution < -0.4 is 5.56 Å². The van der Waals surface area contributed by atoms with E-state index in [4.69, 9.17) is 0 Å². The van der Waals surface area contributed by atoms with Gasteiger partial charge >= 0.3 is 6.18 Å². The van der Waals surface area contributed by atoms with Crippen molar-refractivity contribution in [1.82, 2.24) is 19.4 Å². The molecule has 2 aromatic carbocycles. The molecule has 0 amide bonds. The third kappa shape index (κ3) is 3.53. The molecule has 0 radical (unpaired) electrons. The molecule has 4 aromatic rings. The van der Waals surface area contributed by atoms with Crippen molar-refractivity contribution in [3.63, 3.8) is 0 Å². The van der Waals surface area contributed by atoms with Crippen LogP contribution in [0.25, 0.3) is 27.8 Å². The Hall–Kier alpha value is -3.39. The van der Waals surface area contributed by atoms with Crippen molar-refractivity contribution in [1.29, 1.82) is 0 Å². The van der Waals surface area contributed by atoms with Gasteiger partial charge in [0.05, 0.1) is 16.9 Å². The Morgan fingerprint density at radius 3 is 2.45 bits per heavy atom. The number of benzene rings is 2. The van der Waals surface area contributed by atoms with Crippen molar-refractivity contribution in [3.8, 4) is 16.9 Å². The number of H-pyrrole nitrogens is 1. The average molecular weight is 424 g/mol. The molecule has 0 saturated carbocycles. The molecule has 5 rings (SSSR count). The van der Waals surface area contributed by atoms with Crippen molar-refractivity contribution in [2.24, 2.45) is 0 Å². The van der Waals surface area contributed by atoms with Crippen molar-refractivity contribution in [2.45, 2.75) is 12.1 Å². The Balaban J connectivity index is 1.45. The van der Waals surface area contributed by atoms with E-state index in [9.17, 15) is 18.0 Å². The Bertz CT molecular complexity index is 1320. The molecule has 2 aromatic heterocycles. The van der Waals surface area contributed by atoms with E-state index < -0.39 is 11.7 Å². The molecule has 8 heteroatoms. The molecule has 31 heavy (non-hydrogen) atoms. The first-order valence-electron chi connectivity index (χ1n) is 9.86. The van der Waals surface area contributed by atoms with E-state index in [0.717, 1.165) is 36.1 Å². The van der Waals surface area contributed by atoms with Gasteiger partial charge in [0.2, 0.25) is 0 Å². The Morgan fingerprint density at radius 2 is 1.81 bits per heavy atom. The maximum Gasteiger partial charge on any atom is 0.416 e. The zero-order valence-corrected chi connectivity index (χ0v) is 16.6. The molecule has 1 fully saturated rings. The molecule has 0 spiro atoms. The van der Waals surface area contributed by atoms with Crippen LogP contribution in [0, 0.1) is 0 Å². The van der Waals surface area contributed by atoms with Gasteiger partial charge in [-0.2, -0.15) is 13.2 Å². The minimum Gasteiger partial charge on any atom is -0.361 e. The van der Waals surface area contributed by atoms with Crippen LogP contribution in [0.3, 0.4) is 0 Å². The summed E-state index contributed by atoms with van der Waals surface area (Å²) in [6, 6.07) is 11.7. The number of likely N-dealkylation sites (N-methyl/N-ethyl adjacent to an activating group) is 1. The fourth-order valence-electron chi connectivity index (χ4n) is 4.10. The fraction of sp³-hybridized carbons (Fsp3) is 0.217. The third-order valence-corrected chi connectivity index (χ3v) is 5.80. The number of fused-ring (bicyclic) bond motifs is 1. The van der Waals surface area contributed by atoms with Crippen LogP contribution in [0.5, 0.6) is 0 Å². The lowest BCUT2D eigenvalue weighted by Crippen LogP contribution is -2.41. The predicted octanol–water partition coefficient (Wildman–Crippen LogP) is 4.43. The Kier molecular flexibility index (Phi) is 4.48. The summed E-state index contributed by atoms with van der Waals surface area (Å²) in [6.07, 6.45) is -0.970. The van der Waals surface area contributed by atoms with Gasteiger partial charge in [-0.1, -0.05) is 18.2 Å². The van der Waals surface area contributed by atoms with E-state index in [2.05, 4.69) is 21.9 Å². The van der Waals surface area contributed by atoms with E-state index in [-0.39, 0.29) is 5.56 Å². The van der Waals surface area contributed by atoms with Crippen molar-refractivity contribution in [2.75, 3.05) is 20.1 Å². The average Bonchev–Trinajstić information content (AvgIpc) is 3.13. The van der Waals surface area contributed by atoms with Crippen LogP contribution in [0.4, 0.5) is 13.2 Å². The number of rotatable bonds is 3. The second-order valence-corrected chi connectivity index (χ2v) is 7.95. The summed E-state index contributed by atoms with van der Waals surface area (Å²) in [5.41, 5.74) is 2.62. The molecule has 1 aliphatic rings.